The lowest BCUT2D eigenvalue weighted by molar-refractivity contribution is -0.870. The number of hydrogen-bond acceptors (Lipinski definition) is 7. The molecule has 2 atom stereocenters. The number of carboxylic acids is 1. The summed E-state index contributed by atoms with van der Waals surface area (Å²) in [5.41, 5.74) is 0. The maximum Gasteiger partial charge on any atom is 0.361 e. The Labute approximate surface area is 645 Å². The number of aliphatic carboxylic acids is 1. The van der Waals surface area contributed by atoms with Gasteiger partial charge in [-0.3, -0.25) is 9.59 Å². The molecule has 0 saturated heterocycles. The molecule has 1 N–H and O–H groups in total. The number of unbranched alkanes of at least 4 members (excludes halogenated alkanes) is 50. The van der Waals surface area contributed by atoms with Gasteiger partial charge in [0.2, 0.25) is 0 Å². The van der Waals surface area contributed by atoms with Gasteiger partial charge in [0.15, 0.2) is 6.10 Å². The summed E-state index contributed by atoms with van der Waals surface area (Å²) in [7, 11) is 5.99. The highest BCUT2D eigenvalue weighted by molar-refractivity contribution is 5.71. The van der Waals surface area contributed by atoms with Crippen molar-refractivity contribution < 1.29 is 42.9 Å². The summed E-state index contributed by atoms with van der Waals surface area (Å²) in [6, 6.07) is 0. The van der Waals surface area contributed by atoms with Crippen LogP contribution in [0.25, 0.3) is 0 Å². The smallest absolute Gasteiger partial charge is 0.361 e. The van der Waals surface area contributed by atoms with Gasteiger partial charge in [-0.15, -0.1) is 0 Å². The molecule has 9 nitrogen and oxygen atoms in total. The molecular formula is C95H170NO8+. The largest absolute Gasteiger partial charge is 0.477 e. The zero-order valence-electron chi connectivity index (χ0n) is 69.2. The van der Waals surface area contributed by atoms with Gasteiger partial charge in [0.1, 0.15) is 13.2 Å². The van der Waals surface area contributed by atoms with Gasteiger partial charge in [0.25, 0.3) is 6.29 Å². The standard InChI is InChI=1S/C95H169NO8/c1-6-8-10-12-14-16-18-20-22-24-26-28-30-32-34-36-38-40-42-44-46-47-48-50-52-54-56-58-60-62-64-66-68-70-72-74-76-78-80-82-84-86-93(98)104-91(90-103-95(94(99)100)101-88-87-96(3,4)5)89-102-92(97)85-83-81-79-77-75-73-71-69-67-65-63-61-59-57-55-53-51-49-45-43-41-39-37-35-33-31-29-27-25-23-21-19-17-15-13-11-9-7-2/h8,10,14,16,20,22,26,28,32,34,38,40,44,46,48,50,54,56,91,95H,6-7,9,11-13,15,17-19,21,23-25,27,29-31,33,35-37,39,41-43,45,47,49,51-53,55,57-90H2,1-5H3/p+1/b10-8-,16-14-,22-20-,28-26-,34-32-,40-38-,46-44-,50-48-,56-54-. The minimum Gasteiger partial charge on any atom is -0.477 e. The van der Waals surface area contributed by atoms with E-state index in [4.69, 9.17) is 18.9 Å². The van der Waals surface area contributed by atoms with Crippen LogP contribution in [-0.4, -0.2) is 87.4 Å². The first-order valence-electron chi connectivity index (χ1n) is 44.6. The second-order valence-electron chi connectivity index (χ2n) is 31.2. The number of likely N-dealkylation sites (N-methyl/N-ethyl adjacent to an activating group) is 1. The first kappa shape index (κ1) is 99.9. The summed E-state index contributed by atoms with van der Waals surface area (Å²) in [5.74, 6) is -1.99. The first-order chi connectivity index (χ1) is 51.1. The highest BCUT2D eigenvalue weighted by Crippen LogP contribution is 2.20. The summed E-state index contributed by atoms with van der Waals surface area (Å²) in [5, 5.41) is 9.79. The third kappa shape index (κ3) is 85.2. The molecule has 0 bridgehead atoms. The molecule has 0 aromatic carbocycles. The summed E-state index contributed by atoms with van der Waals surface area (Å²) < 4.78 is 23.1. The van der Waals surface area contributed by atoms with E-state index in [9.17, 15) is 19.5 Å². The molecule has 0 rings (SSSR count). The van der Waals surface area contributed by atoms with Crippen molar-refractivity contribution in [3.8, 4) is 0 Å². The third-order valence-electron chi connectivity index (χ3n) is 19.8. The van der Waals surface area contributed by atoms with Gasteiger partial charge >= 0.3 is 17.9 Å². The molecule has 0 aliphatic rings. The minimum atomic E-state index is -1.52. The van der Waals surface area contributed by atoms with Gasteiger partial charge < -0.3 is 28.5 Å². The molecule has 0 aromatic heterocycles. The van der Waals surface area contributed by atoms with Crippen molar-refractivity contribution in [3.05, 3.63) is 109 Å². The second-order valence-corrected chi connectivity index (χ2v) is 31.2. The lowest BCUT2D eigenvalue weighted by Gasteiger charge is -2.25. The van der Waals surface area contributed by atoms with E-state index in [2.05, 4.69) is 123 Å². The number of ether oxygens (including phenoxy) is 4. The topological polar surface area (TPSA) is 108 Å². The van der Waals surface area contributed by atoms with Crippen molar-refractivity contribution in [2.75, 3.05) is 47.5 Å². The Bertz CT molecular complexity index is 2090. The summed E-state index contributed by atoms with van der Waals surface area (Å²) in [4.78, 5) is 37.8. The fourth-order valence-electron chi connectivity index (χ4n) is 13.1. The van der Waals surface area contributed by atoms with Crippen molar-refractivity contribution in [2.45, 2.75) is 431 Å². The zero-order chi connectivity index (χ0) is 75.3. The van der Waals surface area contributed by atoms with Crippen LogP contribution < -0.4 is 0 Å². The molecule has 602 valence electrons. The van der Waals surface area contributed by atoms with Crippen molar-refractivity contribution in [1.29, 1.82) is 0 Å². The molecular weight excluding hydrogens is 1280 g/mol. The Balaban J connectivity index is 3.97. The molecule has 0 radical (unpaired) electrons. The minimum absolute atomic E-state index is 0.182. The molecule has 0 amide bonds. The van der Waals surface area contributed by atoms with Crippen LogP contribution >= 0.6 is 0 Å². The van der Waals surface area contributed by atoms with Crippen LogP contribution in [-0.2, 0) is 33.3 Å². The van der Waals surface area contributed by atoms with E-state index in [1.807, 2.05) is 21.1 Å². The van der Waals surface area contributed by atoms with Gasteiger partial charge in [0, 0.05) is 12.8 Å². The predicted molar refractivity (Wildman–Crippen MR) is 452 cm³/mol. The van der Waals surface area contributed by atoms with E-state index < -0.39 is 24.3 Å². The number of nitrogens with zero attached hydrogens (tertiary/aromatic N) is 1. The van der Waals surface area contributed by atoms with E-state index in [0.717, 1.165) is 103 Å². The fourth-order valence-corrected chi connectivity index (χ4v) is 13.1. The Morgan fingerprint density at radius 1 is 0.298 bits per heavy atom. The maximum atomic E-state index is 13.0. The average molecular weight is 1450 g/mol. The number of allylic oxidation sites excluding steroid dienone is 18. The Morgan fingerprint density at radius 3 is 0.817 bits per heavy atom. The average Bonchev–Trinajstić information content (AvgIpc) is 0.971. The lowest BCUT2D eigenvalue weighted by atomic mass is 10.0. The highest BCUT2D eigenvalue weighted by atomic mass is 16.7. The van der Waals surface area contributed by atoms with E-state index in [0.29, 0.717) is 17.4 Å². The number of hydrogen-bond donors (Lipinski definition) is 1. The first-order valence-corrected chi connectivity index (χ1v) is 44.6. The van der Waals surface area contributed by atoms with Crippen molar-refractivity contribution >= 4 is 17.9 Å². The van der Waals surface area contributed by atoms with Gasteiger partial charge in [0.05, 0.1) is 34.4 Å². The number of quaternary nitrogens is 1. The van der Waals surface area contributed by atoms with Gasteiger partial charge in [-0.05, 0) is 83.5 Å². The maximum absolute atomic E-state index is 13.0. The van der Waals surface area contributed by atoms with E-state index >= 15 is 0 Å². The van der Waals surface area contributed by atoms with Crippen LogP contribution in [0.5, 0.6) is 0 Å². The molecule has 9 heteroatoms. The summed E-state index contributed by atoms with van der Waals surface area (Å²) >= 11 is 0. The Kier molecular flexibility index (Phi) is 81.3. The molecule has 0 saturated carbocycles. The summed E-state index contributed by atoms with van der Waals surface area (Å²) in [6.07, 6.45) is 117. The van der Waals surface area contributed by atoms with E-state index in [1.54, 1.807) is 0 Å². The van der Waals surface area contributed by atoms with Gasteiger partial charge in [-0.1, -0.05) is 431 Å². The van der Waals surface area contributed by atoms with Crippen LogP contribution in [0.15, 0.2) is 109 Å². The van der Waals surface area contributed by atoms with Gasteiger partial charge in [-0.25, -0.2) is 4.79 Å². The van der Waals surface area contributed by atoms with Crippen LogP contribution in [0.3, 0.4) is 0 Å². The molecule has 0 aliphatic heterocycles. The lowest BCUT2D eigenvalue weighted by Crippen LogP contribution is -2.40. The molecule has 0 aromatic rings. The van der Waals surface area contributed by atoms with Crippen molar-refractivity contribution in [1.82, 2.24) is 0 Å². The van der Waals surface area contributed by atoms with Crippen LogP contribution in [0.2, 0.25) is 0 Å². The normalized spacial score (nSPS) is 13.1. The number of esters is 2. The molecule has 104 heavy (non-hydrogen) atoms. The zero-order valence-corrected chi connectivity index (χ0v) is 69.2. The van der Waals surface area contributed by atoms with Crippen molar-refractivity contribution in [2.24, 2.45) is 0 Å². The van der Waals surface area contributed by atoms with Gasteiger partial charge in [-0.2, -0.15) is 0 Å². The molecule has 0 heterocycles. The highest BCUT2D eigenvalue weighted by Gasteiger charge is 2.25. The fraction of sp³-hybridized carbons (Fsp3) is 0.779. The second kappa shape index (κ2) is 84.6. The number of carbonyl (C=O) groups is 3. The molecule has 0 aliphatic carbocycles. The number of rotatable bonds is 83. The van der Waals surface area contributed by atoms with Crippen LogP contribution in [0, 0.1) is 0 Å². The quantitative estimate of drug-likeness (QED) is 0.0211. The summed E-state index contributed by atoms with van der Waals surface area (Å²) in [6.45, 7) is 4.82. The van der Waals surface area contributed by atoms with Crippen LogP contribution in [0.1, 0.15) is 418 Å². The monoisotopic (exact) mass is 1450 g/mol. The molecule has 2 unspecified atom stereocenters. The number of carbonyl (C=O) groups excluding carboxylic acids is 2. The predicted octanol–water partition coefficient (Wildman–Crippen LogP) is 29.2. The third-order valence-corrected chi connectivity index (χ3v) is 19.8. The molecule has 0 fully saturated rings. The molecule has 0 spiro atoms. The SMILES string of the molecule is CC/C=C\C/C=C\C/C=C\C/C=C\C/C=C\C/C=C\C/C=C\C/C=C\C/C=C\CCCCCCCCCCCCCCCC(=O)OC(COC(=O)CCCCCCCCCCCCCCCCCCCCCCCCCCCCCCCCCCCCCCCC)COC(OCC[N+](C)(C)C)C(=O)O. The Hall–Kier alpha value is -4.05. The Morgan fingerprint density at radius 2 is 0.548 bits per heavy atom. The van der Waals surface area contributed by atoms with E-state index in [1.165, 1.54) is 289 Å². The van der Waals surface area contributed by atoms with Crippen molar-refractivity contribution in [3.63, 3.8) is 0 Å². The van der Waals surface area contributed by atoms with E-state index in [-0.39, 0.29) is 32.2 Å². The van der Waals surface area contributed by atoms with Crippen LogP contribution in [0.4, 0.5) is 0 Å². The number of carboxylic acid groups (broad SMARTS) is 1.